The van der Waals surface area contributed by atoms with Crippen molar-refractivity contribution < 1.29 is 9.53 Å². The molecule has 1 fully saturated rings. The molecule has 0 atom stereocenters. The third-order valence-corrected chi connectivity index (χ3v) is 5.54. The van der Waals surface area contributed by atoms with E-state index < -0.39 is 0 Å². The fourth-order valence-corrected chi connectivity index (χ4v) is 3.99. The van der Waals surface area contributed by atoms with Gasteiger partial charge in [0.2, 0.25) is 0 Å². The second-order valence-corrected chi connectivity index (χ2v) is 7.02. The minimum atomic E-state index is 0.0805. The minimum absolute atomic E-state index is 0.0805. The van der Waals surface area contributed by atoms with Crippen molar-refractivity contribution in [2.45, 2.75) is 24.8 Å². The molecule has 2 heterocycles. The van der Waals surface area contributed by atoms with Crippen molar-refractivity contribution in [1.29, 1.82) is 0 Å². The summed E-state index contributed by atoms with van der Waals surface area (Å²) in [7, 11) is 1.99. The van der Waals surface area contributed by atoms with Gasteiger partial charge in [-0.15, -0.1) is 0 Å². The molecule has 2 aliphatic heterocycles. The van der Waals surface area contributed by atoms with Crippen LogP contribution in [0, 0.1) is 0 Å². The first-order valence-electron chi connectivity index (χ1n) is 8.97. The summed E-state index contributed by atoms with van der Waals surface area (Å²) in [6.45, 7) is 2.68. The summed E-state index contributed by atoms with van der Waals surface area (Å²) < 4.78 is 5.68. The van der Waals surface area contributed by atoms with Crippen molar-refractivity contribution in [3.63, 3.8) is 0 Å². The molecule has 25 heavy (non-hydrogen) atoms. The highest BCUT2D eigenvalue weighted by molar-refractivity contribution is 5.72. The van der Waals surface area contributed by atoms with Gasteiger partial charge in [-0.2, -0.15) is 0 Å². The fourth-order valence-electron chi connectivity index (χ4n) is 3.99. The number of carbonyl (C=O) groups excluding carboxylic acids is 1. The Morgan fingerprint density at radius 2 is 2.00 bits per heavy atom. The Hall–Kier alpha value is -2.33. The number of benzene rings is 2. The van der Waals surface area contributed by atoms with Gasteiger partial charge in [0.1, 0.15) is 12.0 Å². The van der Waals surface area contributed by atoms with Crippen LogP contribution in [0.5, 0.6) is 5.75 Å². The van der Waals surface area contributed by atoms with E-state index in [0.29, 0.717) is 6.42 Å². The summed E-state index contributed by atoms with van der Waals surface area (Å²) in [6.07, 6.45) is 3.52. The molecule has 0 aliphatic carbocycles. The van der Waals surface area contributed by atoms with Gasteiger partial charge in [-0.3, -0.25) is 0 Å². The molecular weight excluding hydrogens is 312 g/mol. The maximum Gasteiger partial charge on any atom is 0.123 e. The number of rotatable bonds is 6. The molecular formula is C21H24N2O2. The number of anilines is 1. The van der Waals surface area contributed by atoms with Crippen molar-refractivity contribution in [3.05, 3.63) is 48.0 Å². The summed E-state index contributed by atoms with van der Waals surface area (Å²) >= 11 is 0. The van der Waals surface area contributed by atoms with Gasteiger partial charge in [-0.25, -0.2) is 0 Å². The van der Waals surface area contributed by atoms with E-state index in [-0.39, 0.29) is 5.54 Å². The number of nitrogens with zero attached hydrogens (tertiary/aromatic N) is 1. The smallest absolute Gasteiger partial charge is 0.123 e. The van der Waals surface area contributed by atoms with Crippen molar-refractivity contribution in [1.82, 2.24) is 5.32 Å². The molecule has 4 rings (SSSR count). The van der Waals surface area contributed by atoms with Crippen molar-refractivity contribution >= 4 is 12.0 Å². The summed E-state index contributed by atoms with van der Waals surface area (Å²) in [4.78, 5) is 13.0. The molecule has 4 heteroatoms. The van der Waals surface area contributed by atoms with Crippen LogP contribution in [-0.4, -0.2) is 38.6 Å². The molecule has 0 saturated carbocycles. The van der Waals surface area contributed by atoms with E-state index in [9.17, 15) is 4.79 Å². The highest BCUT2D eigenvalue weighted by Gasteiger charge is 2.41. The number of aldehydes is 1. The molecule has 0 aromatic heterocycles. The van der Waals surface area contributed by atoms with Crippen molar-refractivity contribution in [3.8, 4) is 16.9 Å². The SMILES string of the molecule is CNC1(CCC=O)CN(c2ccc(-c3cccc4c3CCO4)cc2)C1. The number of ether oxygens (including phenoxy) is 1. The first-order chi connectivity index (χ1) is 12.2. The highest BCUT2D eigenvalue weighted by Crippen LogP contribution is 2.36. The van der Waals surface area contributed by atoms with E-state index >= 15 is 0 Å². The van der Waals surface area contributed by atoms with Crippen LogP contribution in [0.15, 0.2) is 42.5 Å². The van der Waals surface area contributed by atoms with Gasteiger partial charge < -0.3 is 19.7 Å². The Kier molecular flexibility index (Phi) is 4.22. The van der Waals surface area contributed by atoms with Crippen LogP contribution in [0.2, 0.25) is 0 Å². The molecule has 2 aliphatic rings. The summed E-state index contributed by atoms with van der Waals surface area (Å²) in [5.41, 5.74) is 5.16. The Labute approximate surface area is 148 Å². The first kappa shape index (κ1) is 16.2. The predicted molar refractivity (Wildman–Crippen MR) is 100 cm³/mol. The Morgan fingerprint density at radius 3 is 2.72 bits per heavy atom. The number of carbonyl (C=O) groups is 1. The third-order valence-electron chi connectivity index (χ3n) is 5.54. The minimum Gasteiger partial charge on any atom is -0.493 e. The standard InChI is InChI=1S/C21H24N2O2/c1-22-21(11-3-12-24)14-23(15-21)17-8-6-16(7-9-17)18-4-2-5-20-19(18)10-13-25-20/h2,4-9,12,22H,3,10-11,13-15H2,1H3. The molecule has 0 bridgehead atoms. The second kappa shape index (κ2) is 6.52. The quantitative estimate of drug-likeness (QED) is 0.823. The zero-order chi connectivity index (χ0) is 17.3. The molecule has 1 saturated heterocycles. The largest absolute Gasteiger partial charge is 0.493 e. The molecule has 4 nitrogen and oxygen atoms in total. The first-order valence-corrected chi connectivity index (χ1v) is 8.97. The summed E-state index contributed by atoms with van der Waals surface area (Å²) in [6, 6.07) is 15.1. The maximum atomic E-state index is 10.7. The van der Waals surface area contributed by atoms with E-state index in [2.05, 4.69) is 52.7 Å². The van der Waals surface area contributed by atoms with Gasteiger partial charge in [-0.1, -0.05) is 24.3 Å². The maximum absolute atomic E-state index is 10.7. The van der Waals surface area contributed by atoms with E-state index in [0.717, 1.165) is 44.6 Å². The number of hydrogen-bond acceptors (Lipinski definition) is 4. The molecule has 1 N–H and O–H groups in total. The normalized spacial score (nSPS) is 17.6. The average Bonchev–Trinajstić information content (AvgIpc) is 3.10. The predicted octanol–water partition coefficient (Wildman–Crippen LogP) is 3.05. The highest BCUT2D eigenvalue weighted by atomic mass is 16.5. The van der Waals surface area contributed by atoms with Gasteiger partial charge in [0, 0.05) is 37.2 Å². The molecule has 0 unspecified atom stereocenters. The molecule has 0 spiro atoms. The average molecular weight is 336 g/mol. The molecule has 2 aromatic rings. The number of likely N-dealkylation sites (N-methyl/N-ethyl adjacent to an activating group) is 1. The number of nitrogens with one attached hydrogen (secondary N) is 1. The van der Waals surface area contributed by atoms with Crippen molar-refractivity contribution in [2.75, 3.05) is 31.6 Å². The summed E-state index contributed by atoms with van der Waals surface area (Å²) in [5.74, 6) is 1.03. The lowest BCUT2D eigenvalue weighted by atomic mass is 9.84. The Bertz CT molecular complexity index is 764. The second-order valence-electron chi connectivity index (χ2n) is 7.02. The molecule has 130 valence electrons. The van der Waals surface area contributed by atoms with Crippen LogP contribution in [0.3, 0.4) is 0 Å². The monoisotopic (exact) mass is 336 g/mol. The molecule has 2 aromatic carbocycles. The van der Waals surface area contributed by atoms with Gasteiger partial charge >= 0.3 is 0 Å². The van der Waals surface area contributed by atoms with Crippen molar-refractivity contribution in [2.24, 2.45) is 0 Å². The van der Waals surface area contributed by atoms with E-state index in [4.69, 9.17) is 4.74 Å². The number of fused-ring (bicyclic) bond motifs is 1. The lowest BCUT2D eigenvalue weighted by Crippen LogP contribution is -2.68. The van der Waals surface area contributed by atoms with Gasteiger partial charge in [0.25, 0.3) is 0 Å². The summed E-state index contributed by atoms with van der Waals surface area (Å²) in [5, 5.41) is 3.40. The lowest BCUT2D eigenvalue weighted by molar-refractivity contribution is -0.108. The van der Waals surface area contributed by atoms with Crippen LogP contribution >= 0.6 is 0 Å². The van der Waals surface area contributed by atoms with Crippen LogP contribution in [-0.2, 0) is 11.2 Å². The lowest BCUT2D eigenvalue weighted by Gasteiger charge is -2.51. The third kappa shape index (κ3) is 2.91. The Morgan fingerprint density at radius 1 is 1.20 bits per heavy atom. The van der Waals surface area contributed by atoms with E-state index in [1.54, 1.807) is 0 Å². The van der Waals surface area contributed by atoms with E-state index in [1.807, 2.05) is 7.05 Å². The van der Waals surface area contributed by atoms with Gasteiger partial charge in [-0.05, 0) is 42.8 Å². The van der Waals surface area contributed by atoms with Crippen LogP contribution in [0.4, 0.5) is 5.69 Å². The van der Waals surface area contributed by atoms with Crippen LogP contribution in [0.25, 0.3) is 11.1 Å². The van der Waals surface area contributed by atoms with Crippen LogP contribution < -0.4 is 15.0 Å². The van der Waals surface area contributed by atoms with Gasteiger partial charge in [0.05, 0.1) is 12.1 Å². The topological polar surface area (TPSA) is 41.6 Å². The van der Waals surface area contributed by atoms with Crippen LogP contribution in [0.1, 0.15) is 18.4 Å². The fraction of sp³-hybridized carbons (Fsp3) is 0.381. The molecule has 0 radical (unpaired) electrons. The van der Waals surface area contributed by atoms with E-state index in [1.165, 1.54) is 22.4 Å². The number of hydrogen-bond donors (Lipinski definition) is 1. The Balaban J connectivity index is 1.49. The molecule has 0 amide bonds. The zero-order valence-corrected chi connectivity index (χ0v) is 14.6. The zero-order valence-electron chi connectivity index (χ0n) is 14.6. The van der Waals surface area contributed by atoms with Gasteiger partial charge in [0.15, 0.2) is 0 Å².